The van der Waals surface area contributed by atoms with E-state index in [1.807, 2.05) is 54.7 Å². The molecule has 3 aromatic heterocycles. The number of nitrogens with zero attached hydrogens (tertiary/aromatic N) is 5. The Hall–Kier alpha value is -3.51. The standard InChI is InChI=1S/C25H25N5O/c1-18-6-3-4-8-21(18)25(31)29-13-12-28(2)23(16-29)24-22-10-9-20(15-30(22)17-27-24)19-7-5-11-26-14-19/h3-11,14-15,17,23H,12-13,16H2,1-2H3/t23-/m1/s1. The van der Waals surface area contributed by atoms with E-state index in [4.69, 9.17) is 4.98 Å². The number of aryl methyl sites for hydroxylation is 1. The minimum absolute atomic E-state index is 0.0518. The Morgan fingerprint density at radius 1 is 1.03 bits per heavy atom. The van der Waals surface area contributed by atoms with E-state index >= 15 is 0 Å². The molecule has 0 bridgehead atoms. The highest BCUT2D eigenvalue weighted by atomic mass is 16.2. The number of piperazine rings is 1. The van der Waals surface area contributed by atoms with Gasteiger partial charge in [-0.2, -0.15) is 0 Å². The molecule has 0 N–H and O–H groups in total. The van der Waals surface area contributed by atoms with Crippen LogP contribution in [0.3, 0.4) is 0 Å². The second-order valence-corrected chi connectivity index (χ2v) is 8.14. The molecule has 0 aliphatic carbocycles. The van der Waals surface area contributed by atoms with Crippen LogP contribution < -0.4 is 0 Å². The van der Waals surface area contributed by atoms with Crippen LogP contribution in [0.2, 0.25) is 0 Å². The van der Waals surface area contributed by atoms with Crippen LogP contribution in [0.1, 0.15) is 27.7 Å². The maximum Gasteiger partial charge on any atom is 0.254 e. The molecule has 4 aromatic rings. The number of likely N-dealkylation sites (N-methyl/N-ethyl adjacent to an activating group) is 1. The Morgan fingerprint density at radius 3 is 2.71 bits per heavy atom. The quantitative estimate of drug-likeness (QED) is 0.514. The summed E-state index contributed by atoms with van der Waals surface area (Å²) in [5, 5.41) is 0. The molecule has 0 spiro atoms. The number of carbonyl (C=O) groups is 1. The number of imidazole rings is 1. The highest BCUT2D eigenvalue weighted by Crippen LogP contribution is 2.29. The number of carbonyl (C=O) groups excluding carboxylic acids is 1. The van der Waals surface area contributed by atoms with Crippen molar-refractivity contribution in [1.82, 2.24) is 24.2 Å². The van der Waals surface area contributed by atoms with Crippen molar-refractivity contribution in [3.05, 3.63) is 90.3 Å². The average molecular weight is 412 g/mol. The highest BCUT2D eigenvalue weighted by molar-refractivity contribution is 5.95. The number of benzene rings is 1. The molecule has 5 rings (SSSR count). The number of fused-ring (bicyclic) bond motifs is 1. The Labute approximate surface area is 181 Å². The molecule has 156 valence electrons. The summed E-state index contributed by atoms with van der Waals surface area (Å²) in [5.74, 6) is 0.0959. The first kappa shape index (κ1) is 19.5. The molecule has 6 heteroatoms. The van der Waals surface area contributed by atoms with Gasteiger partial charge < -0.3 is 9.30 Å². The predicted molar refractivity (Wildman–Crippen MR) is 121 cm³/mol. The molecule has 1 saturated heterocycles. The van der Waals surface area contributed by atoms with Gasteiger partial charge in [0.15, 0.2) is 0 Å². The van der Waals surface area contributed by atoms with Crippen LogP contribution in [0.4, 0.5) is 0 Å². The van der Waals surface area contributed by atoms with E-state index < -0.39 is 0 Å². The summed E-state index contributed by atoms with van der Waals surface area (Å²) < 4.78 is 2.06. The molecule has 0 radical (unpaired) electrons. The lowest BCUT2D eigenvalue weighted by Crippen LogP contribution is -2.49. The van der Waals surface area contributed by atoms with Crippen molar-refractivity contribution in [2.24, 2.45) is 0 Å². The molecular formula is C25H25N5O. The molecule has 1 aliphatic heterocycles. The number of pyridine rings is 2. The summed E-state index contributed by atoms with van der Waals surface area (Å²) in [7, 11) is 2.11. The number of aromatic nitrogens is 3. The highest BCUT2D eigenvalue weighted by Gasteiger charge is 2.31. The molecule has 1 amide bonds. The van der Waals surface area contributed by atoms with Crippen molar-refractivity contribution in [2.45, 2.75) is 13.0 Å². The Balaban J connectivity index is 1.44. The maximum atomic E-state index is 13.2. The summed E-state index contributed by atoms with van der Waals surface area (Å²) in [4.78, 5) is 26.4. The number of amides is 1. The van der Waals surface area contributed by atoms with E-state index in [0.717, 1.165) is 46.6 Å². The summed E-state index contributed by atoms with van der Waals surface area (Å²) in [6, 6.07) is 16.1. The van der Waals surface area contributed by atoms with E-state index in [0.29, 0.717) is 6.54 Å². The van der Waals surface area contributed by atoms with Crippen molar-refractivity contribution in [3.8, 4) is 11.1 Å². The fraction of sp³-hybridized carbons (Fsp3) is 0.240. The molecule has 0 unspecified atom stereocenters. The lowest BCUT2D eigenvalue weighted by Gasteiger charge is -2.39. The van der Waals surface area contributed by atoms with Crippen LogP contribution in [0.5, 0.6) is 0 Å². The van der Waals surface area contributed by atoms with Crippen molar-refractivity contribution in [2.75, 3.05) is 26.7 Å². The van der Waals surface area contributed by atoms with Crippen molar-refractivity contribution >= 4 is 11.4 Å². The summed E-state index contributed by atoms with van der Waals surface area (Å²) >= 11 is 0. The topological polar surface area (TPSA) is 53.7 Å². The third-order valence-electron chi connectivity index (χ3n) is 6.18. The van der Waals surface area contributed by atoms with Gasteiger partial charge in [0.1, 0.15) is 0 Å². The van der Waals surface area contributed by atoms with Gasteiger partial charge in [-0.15, -0.1) is 0 Å². The Morgan fingerprint density at radius 2 is 1.90 bits per heavy atom. The molecule has 1 aromatic carbocycles. The number of hydrogen-bond donors (Lipinski definition) is 0. The number of hydrogen-bond acceptors (Lipinski definition) is 4. The minimum Gasteiger partial charge on any atom is -0.335 e. The SMILES string of the molecule is Cc1ccccc1C(=O)N1CCN(C)[C@@H](c2ncn3cc(-c4cccnc4)ccc23)C1. The zero-order chi connectivity index (χ0) is 21.4. The molecule has 31 heavy (non-hydrogen) atoms. The van der Waals surface area contributed by atoms with Crippen LogP contribution >= 0.6 is 0 Å². The first-order valence-electron chi connectivity index (χ1n) is 10.5. The van der Waals surface area contributed by atoms with Crippen LogP contribution in [0, 0.1) is 6.92 Å². The van der Waals surface area contributed by atoms with Gasteiger partial charge in [-0.25, -0.2) is 4.98 Å². The van der Waals surface area contributed by atoms with Gasteiger partial charge in [-0.3, -0.25) is 14.7 Å². The van der Waals surface area contributed by atoms with Gasteiger partial charge in [0, 0.05) is 49.4 Å². The van der Waals surface area contributed by atoms with E-state index in [1.165, 1.54) is 0 Å². The molecule has 4 heterocycles. The lowest BCUT2D eigenvalue weighted by atomic mass is 10.0. The van der Waals surface area contributed by atoms with Gasteiger partial charge in [-0.1, -0.05) is 30.3 Å². The molecule has 6 nitrogen and oxygen atoms in total. The van der Waals surface area contributed by atoms with Crippen molar-refractivity contribution in [1.29, 1.82) is 0 Å². The maximum absolute atomic E-state index is 13.2. The smallest absolute Gasteiger partial charge is 0.254 e. The second-order valence-electron chi connectivity index (χ2n) is 8.14. The Bertz CT molecular complexity index is 1230. The first-order valence-corrected chi connectivity index (χ1v) is 10.5. The average Bonchev–Trinajstić information content (AvgIpc) is 3.23. The normalized spacial score (nSPS) is 17.2. The van der Waals surface area contributed by atoms with Crippen molar-refractivity contribution in [3.63, 3.8) is 0 Å². The summed E-state index contributed by atoms with van der Waals surface area (Å²) in [6.45, 7) is 4.15. The lowest BCUT2D eigenvalue weighted by molar-refractivity contribution is 0.0542. The van der Waals surface area contributed by atoms with Crippen LogP contribution in [0.15, 0.2) is 73.4 Å². The van der Waals surface area contributed by atoms with Crippen LogP contribution in [0.25, 0.3) is 16.6 Å². The fourth-order valence-electron chi connectivity index (χ4n) is 4.32. The monoisotopic (exact) mass is 411 g/mol. The van der Waals surface area contributed by atoms with Gasteiger partial charge in [-0.05, 0) is 43.3 Å². The van der Waals surface area contributed by atoms with Crippen LogP contribution in [-0.2, 0) is 0 Å². The molecule has 0 saturated carbocycles. The Kier molecular flexibility index (Phi) is 5.00. The third-order valence-corrected chi connectivity index (χ3v) is 6.18. The molecule has 1 fully saturated rings. The molecule has 1 atom stereocenters. The van der Waals surface area contributed by atoms with Crippen LogP contribution in [-0.4, -0.2) is 56.8 Å². The van der Waals surface area contributed by atoms with Crippen molar-refractivity contribution < 1.29 is 4.79 Å². The first-order chi connectivity index (χ1) is 15.1. The summed E-state index contributed by atoms with van der Waals surface area (Å²) in [6.07, 6.45) is 7.59. The van der Waals surface area contributed by atoms with Gasteiger partial charge in [0.2, 0.25) is 0 Å². The van der Waals surface area contributed by atoms with E-state index in [1.54, 1.807) is 6.20 Å². The second kappa shape index (κ2) is 7.96. The molecule has 1 aliphatic rings. The van der Waals surface area contributed by atoms with E-state index in [-0.39, 0.29) is 11.9 Å². The third kappa shape index (κ3) is 3.59. The van der Waals surface area contributed by atoms with E-state index in [2.05, 4.69) is 45.7 Å². The largest absolute Gasteiger partial charge is 0.335 e. The minimum atomic E-state index is 0.0518. The zero-order valence-electron chi connectivity index (χ0n) is 17.8. The van der Waals surface area contributed by atoms with Gasteiger partial charge in [0.05, 0.1) is 23.6 Å². The fourth-order valence-corrected chi connectivity index (χ4v) is 4.32. The number of rotatable bonds is 3. The predicted octanol–water partition coefficient (Wildman–Crippen LogP) is 3.83. The van der Waals surface area contributed by atoms with Gasteiger partial charge in [0.25, 0.3) is 5.91 Å². The summed E-state index contributed by atoms with van der Waals surface area (Å²) in [5.41, 5.74) is 6.03. The van der Waals surface area contributed by atoms with E-state index in [9.17, 15) is 4.79 Å². The van der Waals surface area contributed by atoms with Gasteiger partial charge >= 0.3 is 0 Å². The molecular weight excluding hydrogens is 386 g/mol. The zero-order valence-corrected chi connectivity index (χ0v) is 17.8.